The Hall–Kier alpha value is -1.50. The summed E-state index contributed by atoms with van der Waals surface area (Å²) in [5.41, 5.74) is 12.6. The maximum absolute atomic E-state index is 6.16. The molecule has 0 radical (unpaired) electrons. The molecule has 2 unspecified atom stereocenters. The molecule has 0 fully saturated rings. The molecule has 0 aliphatic rings. The van der Waals surface area contributed by atoms with Gasteiger partial charge in [-0.05, 0) is 44.9 Å². The molecule has 0 saturated carbocycles. The van der Waals surface area contributed by atoms with Gasteiger partial charge in [-0.2, -0.15) is 0 Å². The van der Waals surface area contributed by atoms with Crippen LogP contribution in [0.15, 0.2) is 12.1 Å². The van der Waals surface area contributed by atoms with Gasteiger partial charge in [0.25, 0.3) is 0 Å². The van der Waals surface area contributed by atoms with E-state index in [2.05, 4.69) is 26.1 Å². The first-order valence-electron chi connectivity index (χ1n) is 9.49. The maximum atomic E-state index is 6.16. The van der Waals surface area contributed by atoms with Crippen LogP contribution in [0.2, 0.25) is 0 Å². The number of rotatable bonds is 12. The molecule has 0 aromatic heterocycles. The van der Waals surface area contributed by atoms with Crippen LogP contribution in [0.1, 0.15) is 47.1 Å². The van der Waals surface area contributed by atoms with Gasteiger partial charge in [-0.25, -0.2) is 0 Å². The van der Waals surface area contributed by atoms with E-state index in [0.717, 1.165) is 12.0 Å². The fourth-order valence-electron chi connectivity index (χ4n) is 2.21. The lowest BCUT2D eigenvalue weighted by molar-refractivity contribution is 0.143. The van der Waals surface area contributed by atoms with E-state index in [-0.39, 0.29) is 17.5 Å². The molecule has 0 bridgehead atoms. The number of benzene rings is 1. The van der Waals surface area contributed by atoms with E-state index in [0.29, 0.717) is 43.7 Å². The van der Waals surface area contributed by atoms with Crippen LogP contribution in [0.4, 0.5) is 0 Å². The summed E-state index contributed by atoms with van der Waals surface area (Å²) in [6.45, 7) is 14.2. The zero-order chi connectivity index (χ0) is 19.7. The number of hydrogen-bond acceptors (Lipinski definition) is 6. The number of hydrogen-bond donors (Lipinski definition) is 3. The number of aryl methyl sites for hydroxylation is 1. The highest BCUT2D eigenvalue weighted by Crippen LogP contribution is 2.40. The second-order valence-corrected chi connectivity index (χ2v) is 7.39. The summed E-state index contributed by atoms with van der Waals surface area (Å²) in [4.78, 5) is 0. The van der Waals surface area contributed by atoms with Gasteiger partial charge in [0.05, 0.1) is 13.2 Å². The molecule has 26 heavy (non-hydrogen) atoms. The molecule has 1 rings (SSSR count). The quantitative estimate of drug-likeness (QED) is 0.492. The summed E-state index contributed by atoms with van der Waals surface area (Å²) in [7, 11) is 0. The minimum atomic E-state index is -0.168. The lowest BCUT2D eigenvalue weighted by Gasteiger charge is -2.29. The van der Waals surface area contributed by atoms with Crippen LogP contribution in [0.5, 0.6) is 17.2 Å². The van der Waals surface area contributed by atoms with Crippen molar-refractivity contribution in [2.45, 2.75) is 60.0 Å². The average Bonchev–Trinajstić information content (AvgIpc) is 2.59. The topological polar surface area (TPSA) is 91.8 Å². The molecule has 1 aromatic carbocycles. The van der Waals surface area contributed by atoms with E-state index in [4.69, 9.17) is 25.7 Å². The zero-order valence-electron chi connectivity index (χ0n) is 17.2. The summed E-state index contributed by atoms with van der Waals surface area (Å²) in [5.74, 6) is 2.04. The molecule has 0 spiro atoms. The molecule has 1 aromatic rings. The van der Waals surface area contributed by atoms with Gasteiger partial charge in [0, 0.05) is 24.2 Å². The van der Waals surface area contributed by atoms with Gasteiger partial charge in [0.2, 0.25) is 5.75 Å². The Balaban J connectivity index is 3.11. The monoisotopic (exact) mass is 367 g/mol. The van der Waals surface area contributed by atoms with Gasteiger partial charge in [0.15, 0.2) is 11.5 Å². The van der Waals surface area contributed by atoms with Crippen LogP contribution in [0.3, 0.4) is 0 Å². The molecule has 6 heteroatoms. The SMILES string of the molecule is CCOc1cc(CC)cc(OCC(C)NCN)c1OCC(C)(C)C(C)N. The molecule has 150 valence electrons. The van der Waals surface area contributed by atoms with Crippen LogP contribution in [0.25, 0.3) is 0 Å². The van der Waals surface area contributed by atoms with Crippen LogP contribution < -0.4 is 31.0 Å². The Morgan fingerprint density at radius 1 is 1.08 bits per heavy atom. The van der Waals surface area contributed by atoms with Gasteiger partial charge < -0.3 is 25.7 Å². The molecule has 0 aliphatic carbocycles. The fraction of sp³-hybridized carbons (Fsp3) is 0.700. The molecule has 0 amide bonds. The lowest BCUT2D eigenvalue weighted by Crippen LogP contribution is -2.39. The van der Waals surface area contributed by atoms with Crippen molar-refractivity contribution in [2.24, 2.45) is 16.9 Å². The number of nitrogens with one attached hydrogen (secondary N) is 1. The molecule has 0 aliphatic heterocycles. The van der Waals surface area contributed by atoms with E-state index >= 15 is 0 Å². The molecule has 2 atom stereocenters. The van der Waals surface area contributed by atoms with Crippen molar-refractivity contribution in [1.29, 1.82) is 0 Å². The van der Waals surface area contributed by atoms with Crippen molar-refractivity contribution in [3.63, 3.8) is 0 Å². The van der Waals surface area contributed by atoms with Crippen LogP contribution in [-0.4, -0.2) is 38.6 Å². The minimum absolute atomic E-state index is 0.00565. The third-order valence-corrected chi connectivity index (χ3v) is 4.56. The minimum Gasteiger partial charge on any atom is -0.490 e. The Morgan fingerprint density at radius 2 is 1.69 bits per heavy atom. The normalized spacial score (nSPS) is 14.0. The summed E-state index contributed by atoms with van der Waals surface area (Å²) in [5, 5.41) is 3.14. The van der Waals surface area contributed by atoms with Crippen LogP contribution in [-0.2, 0) is 6.42 Å². The molecule has 0 saturated heterocycles. The Labute approximate surface area is 158 Å². The standard InChI is InChI=1S/C20H37N3O3/c1-7-16-9-17(24-8-2)19(26-12-20(5,6)15(4)22)18(10-16)25-11-14(3)23-13-21/h9-10,14-15,23H,7-8,11-13,21-22H2,1-6H3. The van der Waals surface area contributed by atoms with Gasteiger partial charge >= 0.3 is 0 Å². The number of ether oxygens (including phenoxy) is 3. The first-order valence-corrected chi connectivity index (χ1v) is 9.49. The summed E-state index contributed by atoms with van der Waals surface area (Å²) in [6.07, 6.45) is 0.888. The Morgan fingerprint density at radius 3 is 2.19 bits per heavy atom. The van der Waals surface area contributed by atoms with Gasteiger partial charge in [-0.15, -0.1) is 0 Å². The van der Waals surface area contributed by atoms with E-state index in [1.165, 1.54) is 0 Å². The van der Waals surface area contributed by atoms with Crippen molar-refractivity contribution < 1.29 is 14.2 Å². The van der Waals surface area contributed by atoms with Crippen molar-refractivity contribution >= 4 is 0 Å². The molecule has 0 heterocycles. The van der Waals surface area contributed by atoms with Crippen molar-refractivity contribution in [2.75, 3.05) is 26.5 Å². The van der Waals surface area contributed by atoms with Crippen LogP contribution >= 0.6 is 0 Å². The molecule has 5 N–H and O–H groups in total. The van der Waals surface area contributed by atoms with Gasteiger partial charge in [0.1, 0.15) is 6.61 Å². The van der Waals surface area contributed by atoms with Gasteiger partial charge in [-0.1, -0.05) is 20.8 Å². The van der Waals surface area contributed by atoms with E-state index in [9.17, 15) is 0 Å². The van der Waals surface area contributed by atoms with Crippen LogP contribution in [0, 0.1) is 5.41 Å². The zero-order valence-corrected chi connectivity index (χ0v) is 17.2. The average molecular weight is 368 g/mol. The highest BCUT2D eigenvalue weighted by molar-refractivity contribution is 5.54. The van der Waals surface area contributed by atoms with Crippen molar-refractivity contribution in [3.8, 4) is 17.2 Å². The third-order valence-electron chi connectivity index (χ3n) is 4.56. The summed E-state index contributed by atoms with van der Waals surface area (Å²) < 4.78 is 18.0. The molecular formula is C20H37N3O3. The Bertz CT molecular complexity index is 547. The maximum Gasteiger partial charge on any atom is 0.203 e. The first-order chi connectivity index (χ1) is 12.2. The number of nitrogens with two attached hydrogens (primary N) is 2. The summed E-state index contributed by atoms with van der Waals surface area (Å²) >= 11 is 0. The fourth-order valence-corrected chi connectivity index (χ4v) is 2.21. The van der Waals surface area contributed by atoms with Crippen molar-refractivity contribution in [3.05, 3.63) is 17.7 Å². The van der Waals surface area contributed by atoms with E-state index in [1.807, 2.05) is 32.9 Å². The van der Waals surface area contributed by atoms with E-state index in [1.54, 1.807) is 0 Å². The predicted molar refractivity (Wildman–Crippen MR) is 107 cm³/mol. The second-order valence-electron chi connectivity index (χ2n) is 7.39. The lowest BCUT2D eigenvalue weighted by atomic mass is 9.87. The second kappa shape index (κ2) is 10.6. The molecule has 6 nitrogen and oxygen atoms in total. The van der Waals surface area contributed by atoms with Gasteiger partial charge in [-0.3, -0.25) is 5.32 Å². The van der Waals surface area contributed by atoms with E-state index < -0.39 is 0 Å². The largest absolute Gasteiger partial charge is 0.490 e. The highest BCUT2D eigenvalue weighted by atomic mass is 16.5. The Kier molecular flexibility index (Phi) is 9.19. The molecular weight excluding hydrogens is 330 g/mol. The third kappa shape index (κ3) is 6.67. The highest BCUT2D eigenvalue weighted by Gasteiger charge is 2.26. The predicted octanol–water partition coefficient (Wildman–Crippen LogP) is 2.67. The smallest absolute Gasteiger partial charge is 0.203 e. The summed E-state index contributed by atoms with van der Waals surface area (Å²) in [6, 6.07) is 4.18. The van der Waals surface area contributed by atoms with Crippen molar-refractivity contribution in [1.82, 2.24) is 5.32 Å². The first kappa shape index (κ1) is 22.5.